The lowest BCUT2D eigenvalue weighted by molar-refractivity contribution is 0.112. The Bertz CT molecular complexity index is 620. The van der Waals surface area contributed by atoms with E-state index in [0.717, 1.165) is 17.7 Å². The quantitative estimate of drug-likeness (QED) is 0.792. The molecule has 1 aromatic carbocycles. The van der Waals surface area contributed by atoms with E-state index >= 15 is 0 Å². The fourth-order valence-corrected chi connectivity index (χ4v) is 2.31. The summed E-state index contributed by atoms with van der Waals surface area (Å²) in [5, 5.41) is 4.80. The van der Waals surface area contributed by atoms with Crippen molar-refractivity contribution in [2.75, 3.05) is 7.11 Å². The molecule has 1 heterocycles. The predicted molar refractivity (Wildman–Crippen MR) is 79.1 cm³/mol. The van der Waals surface area contributed by atoms with Crippen molar-refractivity contribution >= 4 is 17.9 Å². The van der Waals surface area contributed by atoms with Crippen LogP contribution in [0.1, 0.15) is 29.9 Å². The lowest BCUT2D eigenvalue weighted by Crippen LogP contribution is -2.00. The molecule has 0 N–H and O–H groups in total. The fraction of sp³-hybridized carbons (Fsp3) is 0.333. The number of ether oxygens (including phenoxy) is 1. The minimum Gasteiger partial charge on any atom is -0.497 e. The molecule has 4 nitrogen and oxygen atoms in total. The van der Waals surface area contributed by atoms with Crippen LogP contribution >= 0.6 is 11.6 Å². The third-order valence-electron chi connectivity index (χ3n) is 2.96. The Labute approximate surface area is 123 Å². The minimum absolute atomic E-state index is 0.337. The van der Waals surface area contributed by atoms with Crippen molar-refractivity contribution < 1.29 is 9.53 Å². The van der Waals surface area contributed by atoms with Gasteiger partial charge in [-0.2, -0.15) is 5.10 Å². The Morgan fingerprint density at radius 3 is 2.80 bits per heavy atom. The van der Waals surface area contributed by atoms with Crippen LogP contribution in [0.2, 0.25) is 5.15 Å². The minimum atomic E-state index is 0.337. The third kappa shape index (κ3) is 2.85. The highest BCUT2D eigenvalue weighted by molar-refractivity contribution is 6.32. The van der Waals surface area contributed by atoms with E-state index in [-0.39, 0.29) is 0 Å². The Hall–Kier alpha value is -1.81. The summed E-state index contributed by atoms with van der Waals surface area (Å²) >= 11 is 6.27. The van der Waals surface area contributed by atoms with Gasteiger partial charge in [0.1, 0.15) is 10.9 Å². The SMILES string of the molecule is COc1cccc(-n2nc(CC(C)C)c(C=O)c2Cl)c1. The average molecular weight is 293 g/mol. The van der Waals surface area contributed by atoms with Crippen LogP contribution in [0.4, 0.5) is 0 Å². The molecular weight excluding hydrogens is 276 g/mol. The predicted octanol–water partition coefficient (Wildman–Crippen LogP) is 3.55. The van der Waals surface area contributed by atoms with Crippen LogP contribution in [-0.2, 0) is 6.42 Å². The van der Waals surface area contributed by atoms with E-state index in [1.807, 2.05) is 24.3 Å². The first-order valence-electron chi connectivity index (χ1n) is 6.43. The lowest BCUT2D eigenvalue weighted by atomic mass is 10.1. The summed E-state index contributed by atoms with van der Waals surface area (Å²) in [6.07, 6.45) is 1.48. The molecule has 0 spiro atoms. The summed E-state index contributed by atoms with van der Waals surface area (Å²) in [6.45, 7) is 4.15. The second-order valence-electron chi connectivity index (χ2n) is 4.98. The van der Waals surface area contributed by atoms with Gasteiger partial charge in [0, 0.05) is 6.07 Å². The molecule has 0 fully saturated rings. The highest BCUT2D eigenvalue weighted by Gasteiger charge is 2.17. The number of hydrogen-bond acceptors (Lipinski definition) is 3. The average Bonchev–Trinajstić information content (AvgIpc) is 2.74. The van der Waals surface area contributed by atoms with Crippen LogP contribution in [-0.4, -0.2) is 23.2 Å². The molecule has 0 saturated heterocycles. The number of carbonyl (C=O) groups is 1. The van der Waals surface area contributed by atoms with Crippen LogP contribution in [0.25, 0.3) is 5.69 Å². The van der Waals surface area contributed by atoms with Crippen molar-refractivity contribution in [3.8, 4) is 11.4 Å². The highest BCUT2D eigenvalue weighted by Crippen LogP contribution is 2.25. The zero-order chi connectivity index (χ0) is 14.7. The Kier molecular flexibility index (Phi) is 4.45. The summed E-state index contributed by atoms with van der Waals surface area (Å²) in [6, 6.07) is 7.40. The Morgan fingerprint density at radius 2 is 2.20 bits per heavy atom. The second kappa shape index (κ2) is 6.09. The van der Waals surface area contributed by atoms with Crippen LogP contribution in [0.5, 0.6) is 5.75 Å². The van der Waals surface area contributed by atoms with Gasteiger partial charge in [0.25, 0.3) is 0 Å². The molecule has 106 valence electrons. The molecule has 0 saturated carbocycles. The number of aromatic nitrogens is 2. The Morgan fingerprint density at radius 1 is 1.45 bits per heavy atom. The topological polar surface area (TPSA) is 44.1 Å². The van der Waals surface area contributed by atoms with Crippen molar-refractivity contribution in [1.29, 1.82) is 0 Å². The van der Waals surface area contributed by atoms with Crippen molar-refractivity contribution in [3.05, 3.63) is 40.7 Å². The first-order chi connectivity index (χ1) is 9.56. The van der Waals surface area contributed by atoms with Crippen molar-refractivity contribution in [2.45, 2.75) is 20.3 Å². The van der Waals surface area contributed by atoms with Gasteiger partial charge in [-0.25, -0.2) is 4.68 Å². The van der Waals surface area contributed by atoms with Gasteiger partial charge >= 0.3 is 0 Å². The number of hydrogen-bond donors (Lipinski definition) is 0. The van der Waals surface area contributed by atoms with E-state index in [1.54, 1.807) is 11.8 Å². The van der Waals surface area contributed by atoms with E-state index < -0.39 is 0 Å². The van der Waals surface area contributed by atoms with Gasteiger partial charge in [0.15, 0.2) is 6.29 Å². The first-order valence-corrected chi connectivity index (χ1v) is 6.81. The van der Waals surface area contributed by atoms with Gasteiger partial charge in [-0.15, -0.1) is 0 Å². The molecule has 0 aliphatic carbocycles. The van der Waals surface area contributed by atoms with E-state index in [9.17, 15) is 4.79 Å². The monoisotopic (exact) mass is 292 g/mol. The van der Waals surface area contributed by atoms with Crippen molar-refractivity contribution in [3.63, 3.8) is 0 Å². The maximum Gasteiger partial charge on any atom is 0.155 e. The van der Waals surface area contributed by atoms with Crippen LogP contribution in [0.15, 0.2) is 24.3 Å². The maximum absolute atomic E-state index is 11.2. The number of halogens is 1. The molecule has 20 heavy (non-hydrogen) atoms. The van der Waals surface area contributed by atoms with Gasteiger partial charge < -0.3 is 4.74 Å². The molecule has 2 aromatic rings. The fourth-order valence-electron chi connectivity index (χ4n) is 2.02. The first kappa shape index (κ1) is 14.6. The summed E-state index contributed by atoms with van der Waals surface area (Å²) in [5.41, 5.74) is 1.96. The van der Waals surface area contributed by atoms with Crippen LogP contribution in [0, 0.1) is 5.92 Å². The number of nitrogens with zero attached hydrogens (tertiary/aromatic N) is 2. The summed E-state index contributed by atoms with van der Waals surface area (Å²) in [4.78, 5) is 11.2. The molecule has 1 aromatic heterocycles. The van der Waals surface area contributed by atoms with Gasteiger partial charge in [-0.05, 0) is 24.5 Å². The third-order valence-corrected chi connectivity index (χ3v) is 3.32. The number of benzene rings is 1. The van der Waals surface area contributed by atoms with Crippen LogP contribution in [0.3, 0.4) is 0 Å². The summed E-state index contributed by atoms with van der Waals surface area (Å²) in [7, 11) is 1.60. The van der Waals surface area contributed by atoms with Gasteiger partial charge in [0.05, 0.1) is 24.1 Å². The number of methoxy groups -OCH3 is 1. The molecule has 0 aliphatic rings. The number of rotatable bonds is 5. The molecule has 0 amide bonds. The maximum atomic E-state index is 11.2. The van der Waals surface area contributed by atoms with Crippen LogP contribution < -0.4 is 4.74 Å². The molecule has 0 aliphatic heterocycles. The largest absolute Gasteiger partial charge is 0.497 e. The molecule has 2 rings (SSSR count). The van der Waals surface area contributed by atoms with E-state index in [2.05, 4.69) is 18.9 Å². The molecule has 0 unspecified atom stereocenters. The standard InChI is InChI=1S/C15H17ClN2O2/c1-10(2)7-14-13(9-19)15(16)18(17-14)11-5-4-6-12(8-11)20-3/h4-6,8-10H,7H2,1-3H3. The molecule has 0 atom stereocenters. The molecule has 0 bridgehead atoms. The molecule has 0 radical (unpaired) electrons. The van der Waals surface area contributed by atoms with Gasteiger partial charge in [-0.3, -0.25) is 4.79 Å². The summed E-state index contributed by atoms with van der Waals surface area (Å²) in [5.74, 6) is 1.12. The van der Waals surface area contributed by atoms with Gasteiger partial charge in [-0.1, -0.05) is 31.5 Å². The normalized spacial score (nSPS) is 10.8. The molecular formula is C15H17ClN2O2. The lowest BCUT2D eigenvalue weighted by Gasteiger charge is -2.05. The van der Waals surface area contributed by atoms with E-state index in [0.29, 0.717) is 28.8 Å². The molecule has 5 heteroatoms. The number of aldehydes is 1. The van der Waals surface area contributed by atoms with E-state index in [1.165, 1.54) is 0 Å². The number of carbonyl (C=O) groups excluding carboxylic acids is 1. The second-order valence-corrected chi connectivity index (χ2v) is 5.34. The van der Waals surface area contributed by atoms with Crippen molar-refractivity contribution in [2.24, 2.45) is 5.92 Å². The highest BCUT2D eigenvalue weighted by atomic mass is 35.5. The van der Waals surface area contributed by atoms with Gasteiger partial charge in [0.2, 0.25) is 0 Å². The smallest absolute Gasteiger partial charge is 0.155 e. The van der Waals surface area contributed by atoms with E-state index in [4.69, 9.17) is 16.3 Å². The zero-order valence-electron chi connectivity index (χ0n) is 11.8. The zero-order valence-corrected chi connectivity index (χ0v) is 12.5. The Balaban J connectivity index is 2.51. The van der Waals surface area contributed by atoms with Crippen molar-refractivity contribution in [1.82, 2.24) is 9.78 Å². The summed E-state index contributed by atoms with van der Waals surface area (Å²) < 4.78 is 6.77.